The van der Waals surface area contributed by atoms with Crippen molar-refractivity contribution in [3.63, 3.8) is 0 Å². The van der Waals surface area contributed by atoms with E-state index in [1.54, 1.807) is 23.1 Å². The second-order valence-corrected chi connectivity index (χ2v) is 10.6. The van der Waals surface area contributed by atoms with Gasteiger partial charge in [-0.2, -0.15) is 0 Å². The van der Waals surface area contributed by atoms with Crippen molar-refractivity contribution in [3.05, 3.63) is 104 Å². The van der Waals surface area contributed by atoms with E-state index in [2.05, 4.69) is 13.8 Å². The van der Waals surface area contributed by atoms with Gasteiger partial charge in [-0.1, -0.05) is 61.8 Å². The molecule has 6 nitrogen and oxygen atoms in total. The zero-order valence-corrected chi connectivity index (χ0v) is 23.2. The van der Waals surface area contributed by atoms with Crippen LogP contribution in [0.3, 0.4) is 0 Å². The molecule has 4 aromatic rings. The molecule has 3 aromatic carbocycles. The van der Waals surface area contributed by atoms with Gasteiger partial charge in [0, 0.05) is 11.6 Å². The Morgan fingerprint density at radius 1 is 0.974 bits per heavy atom. The Morgan fingerprint density at radius 2 is 1.77 bits per heavy atom. The fourth-order valence-corrected chi connectivity index (χ4v) is 5.12. The summed E-state index contributed by atoms with van der Waals surface area (Å²) in [6.45, 7) is 7.64. The SMILES string of the molecule is CCOc1cc(C2c3c(oc4ccc(Cl)cc4c3=O)C(=O)N2CCc2ccccc2)ccc1OCCC(C)C. The van der Waals surface area contributed by atoms with E-state index in [4.69, 9.17) is 25.5 Å². The number of fused-ring (bicyclic) bond motifs is 2. The monoisotopic (exact) mass is 545 g/mol. The lowest BCUT2D eigenvalue weighted by Gasteiger charge is -2.26. The first-order valence-corrected chi connectivity index (χ1v) is 13.8. The van der Waals surface area contributed by atoms with Crippen LogP contribution in [0.25, 0.3) is 11.0 Å². The standard InChI is InChI=1S/C32H32ClNO5/c1-4-37-27-18-22(10-12-26(27)38-17-15-20(2)3)29-28-30(35)24-19-23(33)11-13-25(24)39-31(28)32(36)34(29)16-14-21-8-6-5-7-9-21/h5-13,18-20,29H,4,14-17H2,1-3H3. The minimum absolute atomic E-state index is 0.0723. The fourth-order valence-electron chi connectivity index (χ4n) is 4.95. The Bertz CT molecular complexity index is 1550. The van der Waals surface area contributed by atoms with Crippen LogP contribution in [-0.4, -0.2) is 30.6 Å². The van der Waals surface area contributed by atoms with E-state index >= 15 is 0 Å². The van der Waals surface area contributed by atoms with E-state index in [0.717, 1.165) is 17.5 Å². The Balaban J connectivity index is 1.60. The predicted molar refractivity (Wildman–Crippen MR) is 153 cm³/mol. The van der Waals surface area contributed by atoms with Crippen LogP contribution in [0.1, 0.15) is 60.5 Å². The third-order valence-corrected chi connectivity index (χ3v) is 7.18. The molecule has 0 saturated carbocycles. The van der Waals surface area contributed by atoms with Gasteiger partial charge in [0.15, 0.2) is 16.9 Å². The molecule has 1 aromatic heterocycles. The number of carbonyl (C=O) groups excluding carboxylic acids is 1. The lowest BCUT2D eigenvalue weighted by atomic mass is 9.97. The van der Waals surface area contributed by atoms with Crippen LogP contribution < -0.4 is 14.9 Å². The predicted octanol–water partition coefficient (Wildman–Crippen LogP) is 7.06. The quantitative estimate of drug-likeness (QED) is 0.213. The van der Waals surface area contributed by atoms with Gasteiger partial charge >= 0.3 is 0 Å². The molecule has 1 amide bonds. The normalized spacial score (nSPS) is 14.7. The number of hydrogen-bond donors (Lipinski definition) is 0. The topological polar surface area (TPSA) is 69.0 Å². The molecule has 0 saturated heterocycles. The number of amides is 1. The first kappa shape index (κ1) is 26.8. The van der Waals surface area contributed by atoms with Crippen LogP contribution in [0.5, 0.6) is 11.5 Å². The van der Waals surface area contributed by atoms with Crippen molar-refractivity contribution in [2.75, 3.05) is 19.8 Å². The summed E-state index contributed by atoms with van der Waals surface area (Å²) in [6, 6.07) is 19.8. The van der Waals surface area contributed by atoms with Crippen LogP contribution in [-0.2, 0) is 6.42 Å². The first-order chi connectivity index (χ1) is 18.9. The van der Waals surface area contributed by atoms with Crippen LogP contribution in [0.4, 0.5) is 0 Å². The van der Waals surface area contributed by atoms with E-state index in [-0.39, 0.29) is 17.1 Å². The van der Waals surface area contributed by atoms with Crippen LogP contribution in [0.2, 0.25) is 5.02 Å². The second kappa shape index (κ2) is 11.5. The highest BCUT2D eigenvalue weighted by molar-refractivity contribution is 6.31. The summed E-state index contributed by atoms with van der Waals surface area (Å²) >= 11 is 6.22. The average Bonchev–Trinajstić information content (AvgIpc) is 3.20. The molecule has 1 aliphatic rings. The van der Waals surface area contributed by atoms with E-state index in [0.29, 0.717) is 65.2 Å². The molecule has 5 rings (SSSR count). The molecule has 7 heteroatoms. The van der Waals surface area contributed by atoms with Gasteiger partial charge in [-0.25, -0.2) is 0 Å². The second-order valence-electron chi connectivity index (χ2n) is 10.1. The summed E-state index contributed by atoms with van der Waals surface area (Å²) in [5, 5.41) is 0.778. The van der Waals surface area contributed by atoms with E-state index in [1.165, 1.54) is 0 Å². The van der Waals surface area contributed by atoms with Crippen LogP contribution in [0, 0.1) is 5.92 Å². The minimum atomic E-state index is -0.639. The third kappa shape index (κ3) is 5.52. The van der Waals surface area contributed by atoms with Gasteiger partial charge in [0.25, 0.3) is 5.91 Å². The first-order valence-electron chi connectivity index (χ1n) is 13.4. The van der Waals surface area contributed by atoms with E-state index in [1.807, 2.05) is 55.5 Å². The zero-order chi connectivity index (χ0) is 27.5. The lowest BCUT2D eigenvalue weighted by Crippen LogP contribution is -2.31. The van der Waals surface area contributed by atoms with Gasteiger partial charge in [-0.05, 0) is 67.1 Å². The van der Waals surface area contributed by atoms with Crippen molar-refractivity contribution < 1.29 is 18.7 Å². The number of rotatable bonds is 10. The molecule has 0 bridgehead atoms. The van der Waals surface area contributed by atoms with Gasteiger partial charge in [0.05, 0.1) is 30.2 Å². The van der Waals surface area contributed by atoms with Crippen molar-refractivity contribution in [3.8, 4) is 11.5 Å². The Kier molecular flexibility index (Phi) is 7.94. The smallest absolute Gasteiger partial charge is 0.290 e. The molecule has 39 heavy (non-hydrogen) atoms. The highest BCUT2D eigenvalue weighted by atomic mass is 35.5. The molecule has 1 atom stereocenters. The number of nitrogens with zero attached hydrogens (tertiary/aromatic N) is 1. The largest absolute Gasteiger partial charge is 0.490 e. The number of ether oxygens (including phenoxy) is 2. The summed E-state index contributed by atoms with van der Waals surface area (Å²) in [4.78, 5) is 29.3. The number of halogens is 1. The highest BCUT2D eigenvalue weighted by Gasteiger charge is 2.42. The van der Waals surface area contributed by atoms with Crippen molar-refractivity contribution >= 4 is 28.5 Å². The van der Waals surface area contributed by atoms with Gasteiger partial charge in [0.2, 0.25) is 5.76 Å². The maximum atomic E-state index is 13.9. The van der Waals surface area contributed by atoms with Gasteiger partial charge < -0.3 is 18.8 Å². The molecule has 2 heterocycles. The molecule has 0 spiro atoms. The zero-order valence-electron chi connectivity index (χ0n) is 22.4. The molecular formula is C32H32ClNO5. The third-order valence-electron chi connectivity index (χ3n) is 6.95. The van der Waals surface area contributed by atoms with Gasteiger partial charge in [-0.15, -0.1) is 0 Å². The highest BCUT2D eigenvalue weighted by Crippen LogP contribution is 2.41. The number of hydrogen-bond acceptors (Lipinski definition) is 5. The molecular weight excluding hydrogens is 514 g/mol. The molecule has 0 N–H and O–H groups in total. The maximum Gasteiger partial charge on any atom is 0.290 e. The summed E-state index contributed by atoms with van der Waals surface area (Å²) in [5.41, 5.74) is 2.25. The van der Waals surface area contributed by atoms with Gasteiger partial charge in [0.1, 0.15) is 5.58 Å². The molecule has 1 aliphatic heterocycles. The van der Waals surface area contributed by atoms with Gasteiger partial charge in [-0.3, -0.25) is 9.59 Å². The number of benzene rings is 3. The molecule has 1 unspecified atom stereocenters. The average molecular weight is 546 g/mol. The lowest BCUT2D eigenvalue weighted by molar-refractivity contribution is 0.0729. The number of carbonyl (C=O) groups is 1. The van der Waals surface area contributed by atoms with Crippen LogP contribution in [0.15, 0.2) is 75.9 Å². The molecule has 0 radical (unpaired) electrons. The van der Waals surface area contributed by atoms with Crippen molar-refractivity contribution in [1.29, 1.82) is 0 Å². The van der Waals surface area contributed by atoms with E-state index in [9.17, 15) is 9.59 Å². The van der Waals surface area contributed by atoms with Crippen LogP contribution >= 0.6 is 11.6 Å². The fraction of sp³-hybridized carbons (Fsp3) is 0.312. The summed E-state index contributed by atoms with van der Waals surface area (Å²) in [5.74, 6) is 1.49. The Labute approximate surface area is 233 Å². The Hall–Kier alpha value is -3.77. The molecule has 202 valence electrons. The molecule has 0 fully saturated rings. The summed E-state index contributed by atoms with van der Waals surface area (Å²) in [6.07, 6.45) is 1.55. The van der Waals surface area contributed by atoms with Crippen molar-refractivity contribution in [1.82, 2.24) is 4.90 Å². The van der Waals surface area contributed by atoms with E-state index < -0.39 is 6.04 Å². The molecule has 0 aliphatic carbocycles. The summed E-state index contributed by atoms with van der Waals surface area (Å²) in [7, 11) is 0. The summed E-state index contributed by atoms with van der Waals surface area (Å²) < 4.78 is 18.0. The Morgan fingerprint density at radius 3 is 2.51 bits per heavy atom. The van der Waals surface area contributed by atoms with Crippen molar-refractivity contribution in [2.24, 2.45) is 5.92 Å². The maximum absolute atomic E-state index is 13.9. The van der Waals surface area contributed by atoms with Crippen molar-refractivity contribution in [2.45, 2.75) is 39.7 Å². The minimum Gasteiger partial charge on any atom is -0.490 e.